The number of amides is 4. The van der Waals surface area contributed by atoms with E-state index in [0.717, 1.165) is 59.8 Å². The van der Waals surface area contributed by atoms with Gasteiger partial charge in [-0.25, -0.2) is 9.80 Å². The zero-order valence-electron chi connectivity index (χ0n) is 52.4. The Morgan fingerprint density at radius 2 is 0.612 bits per heavy atom. The first-order chi connectivity index (χ1) is 48.0. The Labute approximate surface area is 563 Å². The van der Waals surface area contributed by atoms with Crippen molar-refractivity contribution in [1.82, 2.24) is 0 Å². The third-order valence-electron chi connectivity index (χ3n) is 20.0. The lowest BCUT2D eigenvalue weighted by Gasteiger charge is -2.34. The van der Waals surface area contributed by atoms with E-state index in [4.69, 9.17) is 14.2 Å². The molecule has 0 saturated carbocycles. The molecule has 0 spiro atoms. The Morgan fingerprint density at radius 3 is 1.01 bits per heavy atom. The molecule has 2 heterocycles. The molecule has 14 aromatic rings. The van der Waals surface area contributed by atoms with Gasteiger partial charge in [-0.05, 0) is 221 Å². The maximum absolute atomic E-state index is 13.8. The minimum Gasteiger partial charge on any atom is -0.508 e. The van der Waals surface area contributed by atoms with E-state index in [1.807, 2.05) is 24.3 Å². The first-order valence-corrected chi connectivity index (χ1v) is 32.3. The average Bonchev–Trinajstić information content (AvgIpc) is 1.53. The number of phenolic OH excluding ortho intramolecular Hbond substituents is 1. The van der Waals surface area contributed by atoms with Crippen LogP contribution in [0.15, 0.2) is 316 Å². The van der Waals surface area contributed by atoms with E-state index in [2.05, 4.69) is 201 Å². The summed E-state index contributed by atoms with van der Waals surface area (Å²) >= 11 is 0. The van der Waals surface area contributed by atoms with Crippen LogP contribution < -0.4 is 24.0 Å². The maximum Gasteiger partial charge on any atom is 0.266 e. The molecule has 0 atom stereocenters. The number of ether oxygens (including phenoxy) is 3. The number of carbonyl (C=O) groups is 4. The molecule has 10 heteroatoms. The highest BCUT2D eigenvalue weighted by molar-refractivity contribution is 6.35. The molecule has 2 aliphatic heterocycles. The van der Waals surface area contributed by atoms with E-state index in [0.29, 0.717) is 45.7 Å². The van der Waals surface area contributed by atoms with Crippen molar-refractivity contribution in [2.45, 2.75) is 10.8 Å². The van der Waals surface area contributed by atoms with E-state index in [9.17, 15) is 24.3 Å². The molecule has 0 bridgehead atoms. The van der Waals surface area contributed by atoms with Crippen LogP contribution in [0, 0.1) is 0 Å². The molecule has 0 unspecified atom stereocenters. The van der Waals surface area contributed by atoms with Gasteiger partial charge in [-0.2, -0.15) is 0 Å². The first kappa shape index (κ1) is 57.5. The quantitative estimate of drug-likeness (QED) is 0.0895. The lowest BCUT2D eigenvalue weighted by molar-refractivity contribution is 0.0910. The molecule has 0 aromatic heterocycles. The van der Waals surface area contributed by atoms with E-state index in [1.165, 1.54) is 67.8 Å². The predicted molar refractivity (Wildman–Crippen MR) is 382 cm³/mol. The summed E-state index contributed by atoms with van der Waals surface area (Å²) in [5.74, 6) is 0.898. The van der Waals surface area contributed by atoms with Crippen molar-refractivity contribution >= 4 is 56.5 Å². The minimum absolute atomic E-state index is 0.0388. The number of hydrogen-bond acceptors (Lipinski definition) is 8. The Bertz CT molecular complexity index is 5650. The number of fused-ring (bicyclic) bond motifs is 10. The van der Waals surface area contributed by atoms with Gasteiger partial charge in [0.15, 0.2) is 0 Å². The standard InChI is InChI=1S/C88H54N2O8/c1-2-96-66-41-35-64(36-42-66)90-84(93)76-46-44-70(52-78(76)86(90)95)98-68-40-26-56-48-62(32-24-58(56)50-68)88(81-17-9-5-13-73(81)74-14-6-10-18-82(74)88)60-29-21-54(22-30-60)53-19-27-59(28-20-53)87(79-15-7-3-11-71(79)72-12-4-8-16-80(72)87)61-31-23-57-49-67(39-25-55(57)47-61)97-69-43-45-75-77(51-69)85(94)89(83(75)92)63-33-37-65(91)38-34-63/h2-52,91H,1H2. The Kier molecular flexibility index (Phi) is 13.0. The van der Waals surface area contributed by atoms with E-state index in [-0.39, 0.29) is 22.4 Å². The number of imide groups is 2. The fraction of sp³-hybridized carbons (Fsp3) is 0.0227. The molecule has 0 saturated heterocycles. The normalized spacial score (nSPS) is 14.2. The zero-order valence-corrected chi connectivity index (χ0v) is 52.4. The van der Waals surface area contributed by atoms with Crippen molar-refractivity contribution in [1.29, 1.82) is 0 Å². The Balaban J connectivity index is 0.656. The second kappa shape index (κ2) is 22.2. The third-order valence-corrected chi connectivity index (χ3v) is 20.0. The fourth-order valence-corrected chi connectivity index (χ4v) is 15.6. The van der Waals surface area contributed by atoms with Gasteiger partial charge in [0.2, 0.25) is 0 Å². The number of aromatic hydroxyl groups is 1. The van der Waals surface area contributed by atoms with Crippen molar-refractivity contribution in [2.75, 3.05) is 9.80 Å². The largest absolute Gasteiger partial charge is 0.508 e. The minimum atomic E-state index is -0.669. The van der Waals surface area contributed by atoms with Crippen LogP contribution in [0.5, 0.6) is 34.5 Å². The van der Waals surface area contributed by atoms with Crippen LogP contribution in [0.25, 0.3) is 54.9 Å². The topological polar surface area (TPSA) is 123 Å². The summed E-state index contributed by atoms with van der Waals surface area (Å²) in [7, 11) is 0. The monoisotopic (exact) mass is 1270 g/mol. The van der Waals surface area contributed by atoms with Gasteiger partial charge >= 0.3 is 0 Å². The van der Waals surface area contributed by atoms with Crippen LogP contribution >= 0.6 is 0 Å². The number of anilines is 2. The molecule has 1 N–H and O–H groups in total. The van der Waals surface area contributed by atoms with Gasteiger partial charge in [-0.3, -0.25) is 19.2 Å². The first-order valence-electron chi connectivity index (χ1n) is 32.3. The lowest BCUT2D eigenvalue weighted by Crippen LogP contribution is -2.29. The highest BCUT2D eigenvalue weighted by Gasteiger charge is 2.48. The maximum atomic E-state index is 13.8. The summed E-state index contributed by atoms with van der Waals surface area (Å²) in [4.78, 5) is 56.7. The summed E-state index contributed by atoms with van der Waals surface area (Å²) < 4.78 is 18.2. The van der Waals surface area contributed by atoms with Gasteiger partial charge in [-0.1, -0.05) is 189 Å². The van der Waals surface area contributed by atoms with Crippen LogP contribution in [0.2, 0.25) is 0 Å². The van der Waals surface area contributed by atoms with Gasteiger partial charge in [-0.15, -0.1) is 0 Å². The van der Waals surface area contributed by atoms with Gasteiger partial charge in [0.05, 0.1) is 50.7 Å². The molecule has 18 rings (SSSR count). The number of nitrogens with zero attached hydrogens (tertiary/aromatic N) is 2. The Morgan fingerprint density at radius 1 is 0.296 bits per heavy atom. The third kappa shape index (κ3) is 8.74. The van der Waals surface area contributed by atoms with Gasteiger partial charge < -0.3 is 19.3 Å². The van der Waals surface area contributed by atoms with Crippen molar-refractivity contribution in [3.8, 4) is 67.9 Å². The number of phenols is 1. The van der Waals surface area contributed by atoms with Crippen molar-refractivity contribution in [2.24, 2.45) is 0 Å². The van der Waals surface area contributed by atoms with Crippen LogP contribution in [-0.4, -0.2) is 28.7 Å². The smallest absolute Gasteiger partial charge is 0.266 e. The summed E-state index contributed by atoms with van der Waals surface area (Å²) in [5.41, 5.74) is 16.9. The van der Waals surface area contributed by atoms with Crippen LogP contribution in [-0.2, 0) is 10.8 Å². The van der Waals surface area contributed by atoms with Gasteiger partial charge in [0, 0.05) is 0 Å². The van der Waals surface area contributed by atoms with Crippen LogP contribution in [0.3, 0.4) is 0 Å². The summed E-state index contributed by atoms with van der Waals surface area (Å²) in [5, 5.41) is 13.8. The number of carbonyl (C=O) groups excluding carboxylic acids is 4. The molecular formula is C88H54N2O8. The van der Waals surface area contributed by atoms with Crippen molar-refractivity contribution < 1.29 is 38.5 Å². The van der Waals surface area contributed by atoms with Crippen molar-refractivity contribution in [3.05, 3.63) is 383 Å². The predicted octanol–water partition coefficient (Wildman–Crippen LogP) is 19.8. The Hall–Kier alpha value is -13.2. The summed E-state index contributed by atoms with van der Waals surface area (Å²) in [6.07, 6.45) is 1.32. The molecule has 98 heavy (non-hydrogen) atoms. The molecule has 10 nitrogen and oxygen atoms in total. The number of benzene rings is 14. The fourth-order valence-electron chi connectivity index (χ4n) is 15.6. The summed E-state index contributed by atoms with van der Waals surface area (Å²) in [6.45, 7) is 3.59. The molecule has 4 aliphatic rings. The highest BCUT2D eigenvalue weighted by Crippen LogP contribution is 2.59. The molecule has 14 aromatic carbocycles. The molecule has 0 radical (unpaired) electrons. The second-order valence-corrected chi connectivity index (χ2v) is 25.1. The average molecular weight is 1270 g/mol. The lowest BCUT2D eigenvalue weighted by atomic mass is 9.67. The highest BCUT2D eigenvalue weighted by atomic mass is 16.5. The SMILES string of the molecule is C=COc1ccc(N2C(=O)c3ccc(Oc4ccc5cc(C6(c7ccc(-c8ccc(C9(c%10ccc%11cc(Oc%12ccc%13c(c%12)C(=O)N(c%12ccc(O)cc%12)C%13=O)ccc%11c%10)c%10ccccc%10-c%10ccccc%109)cc8)cc7)c7ccccc7-c7ccccc76)ccc5c4)cc3C2=O)cc1. The second-order valence-electron chi connectivity index (χ2n) is 25.1. The molecule has 4 amide bonds. The van der Waals surface area contributed by atoms with Crippen molar-refractivity contribution in [3.63, 3.8) is 0 Å². The van der Waals surface area contributed by atoms with Gasteiger partial charge in [0.25, 0.3) is 23.6 Å². The number of rotatable bonds is 13. The van der Waals surface area contributed by atoms with Gasteiger partial charge in [0.1, 0.15) is 34.5 Å². The summed E-state index contributed by atoms with van der Waals surface area (Å²) in [6, 6.07) is 101. The molecular weight excluding hydrogens is 1210 g/mol. The molecule has 2 aliphatic carbocycles. The van der Waals surface area contributed by atoms with Crippen LogP contribution in [0.1, 0.15) is 85.9 Å². The molecule has 0 fully saturated rings. The molecule has 464 valence electrons. The van der Waals surface area contributed by atoms with E-state index < -0.39 is 34.5 Å². The zero-order chi connectivity index (χ0) is 66.0. The van der Waals surface area contributed by atoms with Crippen LogP contribution in [0.4, 0.5) is 11.4 Å². The van der Waals surface area contributed by atoms with E-state index >= 15 is 0 Å². The van der Waals surface area contributed by atoms with E-state index in [1.54, 1.807) is 72.8 Å². The number of hydrogen-bond donors (Lipinski definition) is 1.